The first-order valence-electron chi connectivity index (χ1n) is 16.7. The molecule has 1 fully saturated rings. The zero-order chi connectivity index (χ0) is 38.5. The van der Waals surface area contributed by atoms with E-state index in [1.165, 1.54) is 6.92 Å². The molecule has 1 heterocycles. The largest absolute Gasteiger partial charge is 0.493 e. The zero-order valence-electron chi connectivity index (χ0n) is 28.9. The van der Waals surface area contributed by atoms with Crippen LogP contribution in [-0.4, -0.2) is 105 Å². The predicted molar refractivity (Wildman–Crippen MR) is 190 cm³/mol. The molecule has 8 N–H and O–H groups in total. The van der Waals surface area contributed by atoms with Crippen LogP contribution in [0.2, 0.25) is 0 Å². The lowest BCUT2D eigenvalue weighted by atomic mass is 9.88. The van der Waals surface area contributed by atoms with Gasteiger partial charge in [-0.3, -0.25) is 14.4 Å². The lowest BCUT2D eigenvalue weighted by Gasteiger charge is -2.46. The number of aliphatic hydroxyl groups excluding tert-OH is 4. The Hall–Kier alpha value is -5.34. The van der Waals surface area contributed by atoms with Crippen molar-refractivity contribution in [2.45, 2.75) is 69.0 Å². The first-order valence-corrected chi connectivity index (χ1v) is 16.7. The van der Waals surface area contributed by atoms with E-state index in [4.69, 9.17) is 20.6 Å². The number of hydrogen-bond acceptors (Lipinski definition) is 11. The Morgan fingerprint density at radius 2 is 1.58 bits per heavy atom. The van der Waals surface area contributed by atoms with E-state index < -0.39 is 73.6 Å². The fourth-order valence-electron chi connectivity index (χ4n) is 5.63. The van der Waals surface area contributed by atoms with E-state index >= 15 is 0 Å². The summed E-state index contributed by atoms with van der Waals surface area (Å²) in [6.45, 7) is -0.0807. The average Bonchev–Trinajstić information content (AvgIpc) is 3.14. The Kier molecular flexibility index (Phi) is 14.5. The summed E-state index contributed by atoms with van der Waals surface area (Å²) in [5.41, 5.74) is 3.59. The van der Waals surface area contributed by atoms with E-state index in [1.54, 1.807) is 48.5 Å². The van der Waals surface area contributed by atoms with Gasteiger partial charge in [-0.1, -0.05) is 48.5 Å². The lowest BCUT2D eigenvalue weighted by molar-refractivity contribution is -0.314. The minimum Gasteiger partial charge on any atom is -0.493 e. The van der Waals surface area contributed by atoms with Crippen LogP contribution in [0.5, 0.6) is 5.75 Å². The van der Waals surface area contributed by atoms with Crippen molar-refractivity contribution >= 4 is 29.4 Å². The van der Waals surface area contributed by atoms with Gasteiger partial charge in [0.25, 0.3) is 5.79 Å². The number of benzene rings is 3. The van der Waals surface area contributed by atoms with Crippen LogP contribution in [0.4, 0.5) is 5.69 Å². The number of rotatable bonds is 17. The number of terminal acetylenes is 1. The molecule has 6 atom stereocenters. The van der Waals surface area contributed by atoms with Crippen molar-refractivity contribution in [3.05, 3.63) is 83.9 Å². The second kappa shape index (κ2) is 18.9. The van der Waals surface area contributed by atoms with Gasteiger partial charge in [0, 0.05) is 32.0 Å². The standard InChI is InChI=1S/C38H43N3O12/c1-3-4-17-51-29-15-7-25(8-16-29)22-52-38(37(49)50)19-30(44)34(41-33(47)21-42)36(53-38)35(48)31(45)20-39-32(46)18-24-5-9-26(10-6-24)27-11-13-28(14-12-27)40-23(2)43/h1,5-16,30-31,34-36,42,44-45,48H,4,17-22H2,2H3,(H,39,46)(H,40,43)(H,41,47)(H,49,50)/t30-,31+,34+,35+,36+,38+/m0/s1. The molecule has 15 nitrogen and oxygen atoms in total. The van der Waals surface area contributed by atoms with Gasteiger partial charge in [-0.05, 0) is 46.5 Å². The Morgan fingerprint density at radius 1 is 0.962 bits per heavy atom. The Morgan fingerprint density at radius 3 is 2.17 bits per heavy atom. The molecule has 3 aromatic carbocycles. The van der Waals surface area contributed by atoms with E-state index in [0.29, 0.717) is 35.6 Å². The molecule has 4 rings (SSSR count). The maximum Gasteiger partial charge on any atom is 0.364 e. The van der Waals surface area contributed by atoms with E-state index in [1.807, 2.05) is 24.3 Å². The number of anilines is 1. The fraction of sp³-hybridized carbons (Fsp3) is 0.368. The van der Waals surface area contributed by atoms with Gasteiger partial charge in [0.1, 0.15) is 24.6 Å². The van der Waals surface area contributed by atoms with Crippen LogP contribution in [0.1, 0.15) is 30.9 Å². The molecule has 0 radical (unpaired) electrons. The van der Waals surface area contributed by atoms with Gasteiger partial charge in [0.15, 0.2) is 0 Å². The quantitative estimate of drug-likeness (QED) is 0.0709. The van der Waals surface area contributed by atoms with Crippen molar-refractivity contribution in [1.29, 1.82) is 0 Å². The number of ether oxygens (including phenoxy) is 3. The van der Waals surface area contributed by atoms with Crippen molar-refractivity contribution in [3.8, 4) is 29.2 Å². The molecule has 1 saturated heterocycles. The summed E-state index contributed by atoms with van der Waals surface area (Å²) in [5, 5.41) is 60.1. The van der Waals surface area contributed by atoms with E-state index in [-0.39, 0.29) is 18.9 Å². The smallest absolute Gasteiger partial charge is 0.364 e. The Balaban J connectivity index is 1.39. The summed E-state index contributed by atoms with van der Waals surface area (Å²) >= 11 is 0. The topological polar surface area (TPSA) is 233 Å². The molecule has 0 saturated carbocycles. The highest BCUT2D eigenvalue weighted by molar-refractivity contribution is 5.89. The highest BCUT2D eigenvalue weighted by Crippen LogP contribution is 2.34. The molecule has 0 spiro atoms. The van der Waals surface area contributed by atoms with Crippen LogP contribution in [0.25, 0.3) is 11.1 Å². The fourth-order valence-corrected chi connectivity index (χ4v) is 5.63. The number of carboxylic acids is 1. The first-order chi connectivity index (χ1) is 25.3. The van der Waals surface area contributed by atoms with Crippen LogP contribution in [0.3, 0.4) is 0 Å². The van der Waals surface area contributed by atoms with Crippen molar-refractivity contribution in [3.63, 3.8) is 0 Å². The van der Waals surface area contributed by atoms with Gasteiger partial charge >= 0.3 is 5.97 Å². The van der Waals surface area contributed by atoms with Crippen molar-refractivity contribution < 1.29 is 58.9 Å². The number of nitrogens with one attached hydrogen (secondary N) is 3. The molecular formula is C38H43N3O12. The highest BCUT2D eigenvalue weighted by atomic mass is 16.7. The van der Waals surface area contributed by atoms with Crippen molar-refractivity contribution in [2.75, 3.05) is 25.1 Å². The molecule has 15 heteroatoms. The van der Waals surface area contributed by atoms with Crippen LogP contribution >= 0.6 is 0 Å². The van der Waals surface area contributed by atoms with Gasteiger partial charge in [-0.15, -0.1) is 12.3 Å². The number of hydrogen-bond donors (Lipinski definition) is 8. The first kappa shape index (κ1) is 40.4. The monoisotopic (exact) mass is 733 g/mol. The second-order valence-electron chi connectivity index (χ2n) is 12.4. The van der Waals surface area contributed by atoms with Crippen molar-refractivity contribution in [1.82, 2.24) is 10.6 Å². The van der Waals surface area contributed by atoms with Gasteiger partial charge in [-0.2, -0.15) is 0 Å². The van der Waals surface area contributed by atoms with Crippen LogP contribution in [0.15, 0.2) is 72.8 Å². The molecule has 53 heavy (non-hydrogen) atoms. The Bertz CT molecular complexity index is 1740. The predicted octanol–water partition coefficient (Wildman–Crippen LogP) is 0.719. The van der Waals surface area contributed by atoms with E-state index in [9.17, 15) is 44.7 Å². The minimum absolute atomic E-state index is 0.0770. The molecule has 3 aromatic rings. The number of carboxylic acid groups (broad SMARTS) is 1. The van der Waals surface area contributed by atoms with Crippen LogP contribution < -0.4 is 20.7 Å². The highest BCUT2D eigenvalue weighted by Gasteiger charge is 2.56. The molecule has 1 aliphatic heterocycles. The lowest BCUT2D eigenvalue weighted by Crippen LogP contribution is -2.68. The van der Waals surface area contributed by atoms with Gasteiger partial charge in [-0.25, -0.2) is 4.79 Å². The molecule has 3 amide bonds. The van der Waals surface area contributed by atoms with Gasteiger partial charge in [0.05, 0.1) is 37.9 Å². The minimum atomic E-state index is -2.53. The summed E-state index contributed by atoms with van der Waals surface area (Å²) in [6.07, 6.45) is -2.31. The third-order valence-corrected chi connectivity index (χ3v) is 8.38. The second-order valence-corrected chi connectivity index (χ2v) is 12.4. The summed E-state index contributed by atoms with van der Waals surface area (Å²) in [6, 6.07) is 19.4. The van der Waals surface area contributed by atoms with Gasteiger partial charge in [0.2, 0.25) is 17.7 Å². The van der Waals surface area contributed by atoms with Crippen LogP contribution in [-0.2, 0) is 41.7 Å². The third kappa shape index (κ3) is 11.3. The van der Waals surface area contributed by atoms with Crippen molar-refractivity contribution in [2.24, 2.45) is 0 Å². The SMILES string of the molecule is C#CCCOc1ccc(CO[C@]2(C(=O)O)C[C@H](O)[C@@H](NC(=O)CO)[C@H]([C@H](O)[C@H](O)CNC(=O)Cc3ccc(-c4ccc(NC(C)=O)cc4)cc3)O2)cc1. The number of carbonyl (C=O) groups is 4. The van der Waals surface area contributed by atoms with E-state index in [2.05, 4.69) is 21.9 Å². The summed E-state index contributed by atoms with van der Waals surface area (Å²) in [4.78, 5) is 48.7. The zero-order valence-corrected chi connectivity index (χ0v) is 28.9. The molecule has 282 valence electrons. The molecule has 0 unspecified atom stereocenters. The summed E-state index contributed by atoms with van der Waals surface area (Å²) < 4.78 is 17.0. The molecular weight excluding hydrogens is 690 g/mol. The van der Waals surface area contributed by atoms with Crippen LogP contribution in [0, 0.1) is 12.3 Å². The number of aliphatic hydroxyl groups is 4. The third-order valence-electron chi connectivity index (χ3n) is 8.38. The van der Waals surface area contributed by atoms with Gasteiger partial charge < -0.3 is 55.7 Å². The number of carbonyl (C=O) groups excluding carboxylic acids is 3. The maximum atomic E-state index is 12.8. The normalized spacial score (nSPS) is 20.6. The summed E-state index contributed by atoms with van der Waals surface area (Å²) in [5.74, 6) is -2.84. The Labute approximate surface area is 305 Å². The number of amides is 3. The molecule has 1 aliphatic rings. The maximum absolute atomic E-state index is 12.8. The number of aliphatic carboxylic acids is 1. The average molecular weight is 734 g/mol. The molecule has 0 aromatic heterocycles. The molecule has 0 bridgehead atoms. The van der Waals surface area contributed by atoms with E-state index in [0.717, 1.165) is 11.1 Å². The molecule has 0 aliphatic carbocycles. The summed E-state index contributed by atoms with van der Waals surface area (Å²) in [7, 11) is 0.